The van der Waals surface area contributed by atoms with Crippen molar-refractivity contribution in [3.63, 3.8) is 0 Å². The van der Waals surface area contributed by atoms with Crippen LogP contribution in [0.25, 0.3) is 0 Å². The fraction of sp³-hybridized carbons (Fsp3) is 0.500. The lowest BCUT2D eigenvalue weighted by Crippen LogP contribution is -2.38. The molecule has 0 bridgehead atoms. The van der Waals surface area contributed by atoms with E-state index >= 15 is 0 Å². The molecule has 0 saturated carbocycles. The first-order valence-corrected chi connectivity index (χ1v) is 11.5. The maximum Gasteiger partial charge on any atom is 0.244 e. The van der Waals surface area contributed by atoms with Crippen LogP contribution in [0.3, 0.4) is 0 Å². The molecule has 0 aliphatic carbocycles. The highest BCUT2D eigenvalue weighted by atomic mass is 32.2. The second-order valence-corrected chi connectivity index (χ2v) is 10.2. The molecule has 28 heavy (non-hydrogen) atoms. The largest absolute Gasteiger partial charge is 0.439 e. The molecule has 1 aromatic heterocycles. The van der Waals surface area contributed by atoms with Crippen molar-refractivity contribution >= 4 is 10.0 Å². The van der Waals surface area contributed by atoms with Crippen molar-refractivity contribution in [3.05, 3.63) is 48.7 Å². The number of para-hydroxylation sites is 1. The summed E-state index contributed by atoms with van der Waals surface area (Å²) in [7, 11) is -3.55. The topological polar surface area (TPSA) is 59.5 Å². The first-order valence-electron chi connectivity index (χ1n) is 10.0. The highest BCUT2D eigenvalue weighted by Gasteiger charge is 2.38. The van der Waals surface area contributed by atoms with Gasteiger partial charge >= 0.3 is 0 Å². The minimum atomic E-state index is -3.55. The summed E-state index contributed by atoms with van der Waals surface area (Å²) in [6, 6.07) is 12.6. The van der Waals surface area contributed by atoms with E-state index in [1.165, 1.54) is 6.20 Å². The monoisotopic (exact) mass is 402 g/mol. The third-order valence-electron chi connectivity index (χ3n) is 5.32. The van der Waals surface area contributed by atoms with E-state index in [1.807, 2.05) is 30.3 Å². The van der Waals surface area contributed by atoms with Gasteiger partial charge in [0.2, 0.25) is 15.9 Å². The van der Waals surface area contributed by atoms with Gasteiger partial charge < -0.3 is 4.74 Å². The molecule has 5 nitrogen and oxygen atoms in total. The highest BCUT2D eigenvalue weighted by molar-refractivity contribution is 7.89. The summed E-state index contributed by atoms with van der Waals surface area (Å²) in [5, 5.41) is 0. The van der Waals surface area contributed by atoms with Gasteiger partial charge in [-0.1, -0.05) is 45.4 Å². The number of benzene rings is 1. The van der Waals surface area contributed by atoms with Crippen molar-refractivity contribution in [1.82, 2.24) is 9.29 Å². The second-order valence-electron chi connectivity index (χ2n) is 8.28. The first-order chi connectivity index (χ1) is 13.3. The number of rotatable bonds is 8. The van der Waals surface area contributed by atoms with Crippen molar-refractivity contribution in [2.45, 2.75) is 63.8 Å². The fourth-order valence-corrected chi connectivity index (χ4v) is 5.71. The van der Waals surface area contributed by atoms with Crippen LogP contribution >= 0.6 is 0 Å². The fourth-order valence-electron chi connectivity index (χ4n) is 4.07. The van der Waals surface area contributed by atoms with Gasteiger partial charge in [-0.15, -0.1) is 0 Å². The number of ether oxygens (including phenoxy) is 1. The van der Waals surface area contributed by atoms with E-state index in [4.69, 9.17) is 4.74 Å². The van der Waals surface area contributed by atoms with Crippen LogP contribution < -0.4 is 4.74 Å². The third kappa shape index (κ3) is 4.92. The molecular formula is C22H30N2O3S. The number of sulfonamides is 1. The molecule has 1 aliphatic rings. The third-order valence-corrected chi connectivity index (χ3v) is 7.25. The van der Waals surface area contributed by atoms with E-state index < -0.39 is 10.0 Å². The van der Waals surface area contributed by atoms with Crippen molar-refractivity contribution in [2.75, 3.05) is 6.54 Å². The predicted octanol–water partition coefficient (Wildman–Crippen LogP) is 5.24. The second kappa shape index (κ2) is 8.62. The molecule has 0 spiro atoms. The smallest absolute Gasteiger partial charge is 0.244 e. The summed E-state index contributed by atoms with van der Waals surface area (Å²) in [5.41, 5.74) is 0.142. The molecule has 1 fully saturated rings. The molecule has 2 heterocycles. The van der Waals surface area contributed by atoms with E-state index in [2.05, 4.69) is 25.8 Å². The summed E-state index contributed by atoms with van der Waals surface area (Å²) < 4.78 is 33.8. The normalized spacial score (nSPS) is 18.3. The van der Waals surface area contributed by atoms with Crippen LogP contribution in [0.2, 0.25) is 0 Å². The van der Waals surface area contributed by atoms with E-state index in [0.29, 0.717) is 18.2 Å². The molecule has 1 atom stereocenters. The van der Waals surface area contributed by atoms with Crippen LogP contribution in [0.1, 0.15) is 52.9 Å². The van der Waals surface area contributed by atoms with Gasteiger partial charge in [-0.05, 0) is 49.3 Å². The van der Waals surface area contributed by atoms with Crippen molar-refractivity contribution in [3.8, 4) is 11.6 Å². The lowest BCUT2D eigenvalue weighted by molar-refractivity contribution is 0.230. The SMILES string of the molecule is CCCC(C)(C)CC1CCCN1S(=O)(=O)c1ccc(Oc2ccccc2)nc1. The van der Waals surface area contributed by atoms with E-state index in [9.17, 15) is 8.42 Å². The van der Waals surface area contributed by atoms with Crippen LogP contribution in [0.5, 0.6) is 11.6 Å². The number of hydrogen-bond acceptors (Lipinski definition) is 4. The zero-order valence-electron chi connectivity index (χ0n) is 17.0. The Hall–Kier alpha value is -1.92. The van der Waals surface area contributed by atoms with Gasteiger partial charge in [-0.3, -0.25) is 0 Å². The average Bonchev–Trinajstić information content (AvgIpc) is 3.11. The minimum absolute atomic E-state index is 0.0618. The number of pyridine rings is 1. The van der Waals surface area contributed by atoms with E-state index in [-0.39, 0.29) is 16.4 Å². The molecule has 1 unspecified atom stereocenters. The Morgan fingerprint density at radius 3 is 2.57 bits per heavy atom. The molecule has 0 radical (unpaired) electrons. The van der Waals surface area contributed by atoms with Gasteiger partial charge in [-0.2, -0.15) is 4.31 Å². The minimum Gasteiger partial charge on any atom is -0.439 e. The first kappa shape index (κ1) is 20.8. The Morgan fingerprint density at radius 2 is 1.93 bits per heavy atom. The lowest BCUT2D eigenvalue weighted by atomic mass is 9.81. The van der Waals surface area contributed by atoms with Crippen LogP contribution in [-0.2, 0) is 10.0 Å². The van der Waals surface area contributed by atoms with Crippen molar-refractivity contribution in [2.24, 2.45) is 5.41 Å². The molecule has 0 amide bonds. The quantitative estimate of drug-likeness (QED) is 0.605. The van der Waals surface area contributed by atoms with Gasteiger partial charge in [0, 0.05) is 18.7 Å². The van der Waals surface area contributed by atoms with Gasteiger partial charge in [0.25, 0.3) is 0 Å². The Kier molecular flexibility index (Phi) is 6.40. The molecule has 152 valence electrons. The summed E-state index contributed by atoms with van der Waals surface area (Å²) in [6.07, 6.45) is 6.34. The maximum absolute atomic E-state index is 13.2. The van der Waals surface area contributed by atoms with Crippen LogP contribution in [0.4, 0.5) is 0 Å². The van der Waals surface area contributed by atoms with Crippen LogP contribution in [-0.4, -0.2) is 30.3 Å². The van der Waals surface area contributed by atoms with Gasteiger partial charge in [0.1, 0.15) is 10.6 Å². The van der Waals surface area contributed by atoms with Crippen molar-refractivity contribution < 1.29 is 13.2 Å². The molecule has 1 aliphatic heterocycles. The van der Waals surface area contributed by atoms with E-state index in [0.717, 1.165) is 32.1 Å². The standard InChI is InChI=1S/C22H30N2O3S/c1-4-14-22(2,3)16-18-9-8-15-24(18)28(25,26)20-12-13-21(23-17-20)27-19-10-6-5-7-11-19/h5-7,10-13,17-18H,4,8-9,14-16H2,1-3H3. The Bertz CT molecular complexity index is 864. The number of aromatic nitrogens is 1. The lowest BCUT2D eigenvalue weighted by Gasteiger charge is -2.32. The molecule has 2 aromatic rings. The molecule has 3 rings (SSSR count). The number of hydrogen-bond donors (Lipinski definition) is 0. The van der Waals surface area contributed by atoms with Crippen LogP contribution in [0, 0.1) is 5.41 Å². The summed E-state index contributed by atoms with van der Waals surface area (Å²) in [6.45, 7) is 7.22. The predicted molar refractivity (Wildman–Crippen MR) is 111 cm³/mol. The Balaban J connectivity index is 1.74. The maximum atomic E-state index is 13.2. The average molecular weight is 403 g/mol. The Labute approximate surface area is 168 Å². The highest BCUT2D eigenvalue weighted by Crippen LogP contribution is 2.36. The molecule has 1 saturated heterocycles. The summed E-state index contributed by atoms with van der Waals surface area (Å²) >= 11 is 0. The van der Waals surface area contributed by atoms with E-state index in [1.54, 1.807) is 16.4 Å². The van der Waals surface area contributed by atoms with Crippen LogP contribution in [0.15, 0.2) is 53.6 Å². The molecule has 6 heteroatoms. The zero-order valence-corrected chi connectivity index (χ0v) is 17.8. The summed E-state index contributed by atoms with van der Waals surface area (Å²) in [4.78, 5) is 4.44. The van der Waals surface area contributed by atoms with Crippen molar-refractivity contribution in [1.29, 1.82) is 0 Å². The molecule has 0 N–H and O–H groups in total. The Morgan fingerprint density at radius 1 is 1.18 bits per heavy atom. The zero-order chi connectivity index (χ0) is 20.2. The van der Waals surface area contributed by atoms with Gasteiger partial charge in [0.05, 0.1) is 6.20 Å². The van der Waals surface area contributed by atoms with Gasteiger partial charge in [-0.25, -0.2) is 13.4 Å². The summed E-state index contributed by atoms with van der Waals surface area (Å²) in [5.74, 6) is 1.05. The van der Waals surface area contributed by atoms with Gasteiger partial charge in [0.15, 0.2) is 0 Å². The number of nitrogens with zero attached hydrogens (tertiary/aromatic N) is 2. The molecule has 1 aromatic carbocycles. The molecular weight excluding hydrogens is 372 g/mol.